The Bertz CT molecular complexity index is 555. The summed E-state index contributed by atoms with van der Waals surface area (Å²) in [7, 11) is -0.693. The van der Waals surface area contributed by atoms with Crippen LogP contribution in [0.5, 0.6) is 0 Å². The van der Waals surface area contributed by atoms with Gasteiger partial charge in [-0.25, -0.2) is 4.79 Å². The molecule has 0 aromatic carbocycles. The lowest BCUT2D eigenvalue weighted by Gasteiger charge is -2.32. The van der Waals surface area contributed by atoms with Gasteiger partial charge in [0.25, 0.3) is 0 Å². The van der Waals surface area contributed by atoms with Crippen molar-refractivity contribution in [1.29, 1.82) is 0 Å². The van der Waals surface area contributed by atoms with Gasteiger partial charge in [0, 0.05) is 20.1 Å². The van der Waals surface area contributed by atoms with E-state index in [-0.39, 0.29) is 18.2 Å². The summed E-state index contributed by atoms with van der Waals surface area (Å²) >= 11 is 0. The van der Waals surface area contributed by atoms with Gasteiger partial charge >= 0.3 is 16.4 Å². The van der Waals surface area contributed by atoms with E-state index in [1.54, 1.807) is 0 Å². The van der Waals surface area contributed by atoms with E-state index < -0.39 is 15.9 Å². The molecule has 1 N–H and O–H groups in total. The molecule has 2 aliphatic carbocycles. The van der Waals surface area contributed by atoms with Crippen molar-refractivity contribution in [1.82, 2.24) is 9.62 Å². The van der Waals surface area contributed by atoms with E-state index in [1.165, 1.54) is 14.1 Å². The highest BCUT2D eigenvalue weighted by atomic mass is 32.2. The summed E-state index contributed by atoms with van der Waals surface area (Å²) in [5.41, 5.74) is -0.506. The van der Waals surface area contributed by atoms with Crippen molar-refractivity contribution < 1.29 is 22.1 Å². The number of alkyl carbamates (subject to hydrolysis) is 1. The Kier molecular flexibility index (Phi) is 5.82. The second kappa shape index (κ2) is 7.17. The largest absolute Gasteiger partial charge is 0.444 e. The van der Waals surface area contributed by atoms with Crippen molar-refractivity contribution in [2.24, 2.45) is 11.8 Å². The highest BCUT2D eigenvalue weighted by Gasteiger charge is 2.41. The van der Waals surface area contributed by atoms with Crippen LogP contribution in [0.25, 0.3) is 0 Å². The minimum absolute atomic E-state index is 0.0882. The van der Waals surface area contributed by atoms with Gasteiger partial charge in [-0.2, -0.15) is 12.7 Å². The van der Waals surface area contributed by atoms with Crippen molar-refractivity contribution in [3.63, 3.8) is 0 Å². The molecule has 2 rings (SSSR count). The second-order valence-corrected chi connectivity index (χ2v) is 9.88. The molecule has 0 heterocycles. The summed E-state index contributed by atoms with van der Waals surface area (Å²) in [6.07, 6.45) is 3.59. The highest BCUT2D eigenvalue weighted by Crippen LogP contribution is 2.43. The summed E-state index contributed by atoms with van der Waals surface area (Å²) in [4.78, 5) is 11.9. The van der Waals surface area contributed by atoms with Crippen LogP contribution in [0.3, 0.4) is 0 Å². The van der Waals surface area contributed by atoms with E-state index in [0.717, 1.165) is 36.4 Å². The minimum atomic E-state index is -3.63. The van der Waals surface area contributed by atoms with Crippen LogP contribution in [-0.4, -0.2) is 50.7 Å². The predicted octanol–water partition coefficient (Wildman–Crippen LogP) is 2.28. The molecule has 0 radical (unpaired) electrons. The number of carbonyl (C=O) groups excluding carboxylic acids is 1. The zero-order chi connectivity index (χ0) is 18.1. The van der Waals surface area contributed by atoms with Crippen LogP contribution in [0.4, 0.5) is 4.79 Å². The number of amides is 1. The van der Waals surface area contributed by atoms with Gasteiger partial charge in [-0.15, -0.1) is 0 Å². The van der Waals surface area contributed by atoms with Crippen LogP contribution in [0, 0.1) is 11.8 Å². The van der Waals surface area contributed by atoms with Gasteiger partial charge in [-0.05, 0) is 64.7 Å². The normalized spacial score (nSPS) is 30.9. The topological polar surface area (TPSA) is 84.9 Å². The standard InChI is InChI=1S/C16H30N2O5S/c1-16(2,3)22-15(19)17-13-7-6-11-9-14(10-12(11)8-13)23-24(20,21)18(4)5/h11-14H,6-10H2,1-5H3,(H,17,19)/t11?,12-,13?,14+/m0/s1. The molecule has 0 aliphatic heterocycles. The molecule has 0 saturated heterocycles. The van der Waals surface area contributed by atoms with E-state index in [9.17, 15) is 13.2 Å². The van der Waals surface area contributed by atoms with E-state index in [4.69, 9.17) is 8.92 Å². The van der Waals surface area contributed by atoms with Crippen LogP contribution >= 0.6 is 0 Å². The van der Waals surface area contributed by atoms with Crippen LogP contribution in [0.15, 0.2) is 0 Å². The van der Waals surface area contributed by atoms with Crippen LogP contribution in [-0.2, 0) is 19.2 Å². The quantitative estimate of drug-likeness (QED) is 0.829. The number of hydrogen-bond acceptors (Lipinski definition) is 5. The summed E-state index contributed by atoms with van der Waals surface area (Å²) in [6, 6.07) is 0.0882. The molecule has 1 amide bonds. The maximum atomic E-state index is 11.9. The Morgan fingerprint density at radius 2 is 1.71 bits per heavy atom. The lowest BCUT2D eigenvalue weighted by Crippen LogP contribution is -2.42. The number of carbonyl (C=O) groups is 1. The van der Waals surface area contributed by atoms with E-state index in [0.29, 0.717) is 11.8 Å². The van der Waals surface area contributed by atoms with Gasteiger partial charge in [0.1, 0.15) is 5.60 Å². The molecule has 0 aromatic heterocycles. The number of rotatable bonds is 4. The summed E-state index contributed by atoms with van der Waals surface area (Å²) < 4.78 is 35.5. The van der Waals surface area contributed by atoms with E-state index >= 15 is 0 Å². The number of nitrogens with zero attached hydrogens (tertiary/aromatic N) is 1. The van der Waals surface area contributed by atoms with Crippen molar-refractivity contribution >= 4 is 16.4 Å². The van der Waals surface area contributed by atoms with Crippen LogP contribution < -0.4 is 5.32 Å². The first-order valence-corrected chi connectivity index (χ1v) is 9.93. The zero-order valence-electron chi connectivity index (χ0n) is 15.2. The fourth-order valence-corrected chi connectivity index (χ4v) is 4.31. The molecule has 2 aliphatic rings. The molecule has 0 bridgehead atoms. The molecule has 4 atom stereocenters. The molecule has 0 aromatic rings. The average molecular weight is 362 g/mol. The number of ether oxygens (including phenoxy) is 1. The van der Waals surface area contributed by atoms with Crippen molar-refractivity contribution in [3.05, 3.63) is 0 Å². The average Bonchev–Trinajstić information content (AvgIpc) is 2.76. The Hall–Kier alpha value is -0.860. The second-order valence-electron chi connectivity index (χ2n) is 8.11. The Morgan fingerprint density at radius 1 is 1.08 bits per heavy atom. The first kappa shape index (κ1) is 19.5. The molecule has 8 heteroatoms. The highest BCUT2D eigenvalue weighted by molar-refractivity contribution is 7.84. The zero-order valence-corrected chi connectivity index (χ0v) is 16.1. The van der Waals surface area contributed by atoms with E-state index in [2.05, 4.69) is 5.32 Å². The lowest BCUT2D eigenvalue weighted by molar-refractivity contribution is 0.0476. The molecule has 2 fully saturated rings. The number of fused-ring (bicyclic) bond motifs is 1. The molecule has 140 valence electrons. The van der Waals surface area contributed by atoms with Crippen LogP contribution in [0.1, 0.15) is 52.9 Å². The molecular formula is C16H30N2O5S. The number of hydrogen-bond donors (Lipinski definition) is 1. The Balaban J connectivity index is 1.85. The first-order valence-electron chi connectivity index (χ1n) is 8.56. The molecular weight excluding hydrogens is 332 g/mol. The van der Waals surface area contributed by atoms with Crippen molar-refractivity contribution in [2.75, 3.05) is 14.1 Å². The van der Waals surface area contributed by atoms with Crippen molar-refractivity contribution in [3.8, 4) is 0 Å². The smallest absolute Gasteiger partial charge is 0.407 e. The molecule has 0 spiro atoms. The maximum absolute atomic E-state index is 11.9. The van der Waals surface area contributed by atoms with Gasteiger partial charge in [0.15, 0.2) is 0 Å². The minimum Gasteiger partial charge on any atom is -0.444 e. The molecule has 2 saturated carbocycles. The monoisotopic (exact) mass is 362 g/mol. The Labute approximate surface area is 145 Å². The first-order chi connectivity index (χ1) is 11.0. The summed E-state index contributed by atoms with van der Waals surface area (Å²) in [6.45, 7) is 5.52. The fourth-order valence-electron chi connectivity index (χ4n) is 3.64. The van der Waals surface area contributed by atoms with Crippen molar-refractivity contribution in [2.45, 2.75) is 70.6 Å². The predicted molar refractivity (Wildman–Crippen MR) is 90.7 cm³/mol. The van der Waals surface area contributed by atoms with E-state index in [1.807, 2.05) is 20.8 Å². The molecule has 24 heavy (non-hydrogen) atoms. The summed E-state index contributed by atoms with van der Waals surface area (Å²) in [5, 5.41) is 2.94. The number of nitrogens with one attached hydrogen (secondary N) is 1. The third-order valence-corrected chi connectivity index (χ3v) is 6.11. The maximum Gasteiger partial charge on any atom is 0.407 e. The lowest BCUT2D eigenvalue weighted by atomic mass is 9.79. The molecule has 2 unspecified atom stereocenters. The van der Waals surface area contributed by atoms with Gasteiger partial charge in [-0.3, -0.25) is 4.18 Å². The van der Waals surface area contributed by atoms with Gasteiger partial charge in [-0.1, -0.05) is 0 Å². The fraction of sp³-hybridized carbons (Fsp3) is 0.938. The van der Waals surface area contributed by atoms with Gasteiger partial charge in [0.05, 0.1) is 6.10 Å². The van der Waals surface area contributed by atoms with Gasteiger partial charge in [0.2, 0.25) is 0 Å². The SMILES string of the molecule is CN(C)S(=O)(=O)O[C@@H]1CC2CCC(NC(=O)OC(C)(C)C)C[C@H]2C1. The summed E-state index contributed by atoms with van der Waals surface area (Å²) in [5.74, 6) is 0.866. The molecule has 7 nitrogen and oxygen atoms in total. The third kappa shape index (κ3) is 5.32. The third-order valence-electron chi connectivity index (χ3n) is 4.70. The Morgan fingerprint density at radius 3 is 2.29 bits per heavy atom. The van der Waals surface area contributed by atoms with Gasteiger partial charge < -0.3 is 10.1 Å². The van der Waals surface area contributed by atoms with Crippen LogP contribution in [0.2, 0.25) is 0 Å².